The molecule has 0 heterocycles. The maximum absolute atomic E-state index is 13.2. The summed E-state index contributed by atoms with van der Waals surface area (Å²) < 4.78 is 5.34. The molecule has 0 saturated heterocycles. The monoisotopic (exact) mass is 354 g/mol. The number of likely N-dealkylation sites (N-methyl/N-ethyl adjacent to an activating group) is 1. The second-order valence-corrected chi connectivity index (χ2v) is 6.91. The van der Waals surface area contributed by atoms with Crippen LogP contribution >= 0.6 is 0 Å². The first-order chi connectivity index (χ1) is 12.3. The Morgan fingerprint density at radius 2 is 1.54 bits per heavy atom. The van der Waals surface area contributed by atoms with E-state index >= 15 is 0 Å². The molecule has 0 bridgehead atoms. The Bertz CT molecular complexity index is 724. The number of alkyl carbamates (subject to hydrolysis) is 1. The number of hydrogen-bond donors (Lipinski definition) is 1. The van der Waals surface area contributed by atoms with E-state index in [9.17, 15) is 9.59 Å². The fourth-order valence-corrected chi connectivity index (χ4v) is 2.59. The minimum atomic E-state index is -0.828. The molecule has 1 N–H and O–H groups in total. The predicted molar refractivity (Wildman–Crippen MR) is 103 cm³/mol. The summed E-state index contributed by atoms with van der Waals surface area (Å²) in [4.78, 5) is 27.2. The van der Waals surface area contributed by atoms with Crippen molar-refractivity contribution in [1.29, 1.82) is 0 Å². The standard InChI is InChI=1S/C21H26N2O3/c1-5-23(17-14-10-7-11-15-17)19(24)18(16-12-8-6-9-13-16)22-20(25)26-21(2,3)4/h6-15,18H,5H2,1-4H3,(H,22,25). The molecule has 2 amide bonds. The number of anilines is 1. The zero-order chi connectivity index (χ0) is 19.2. The van der Waals surface area contributed by atoms with Gasteiger partial charge in [0.15, 0.2) is 0 Å². The van der Waals surface area contributed by atoms with Gasteiger partial charge >= 0.3 is 6.09 Å². The Hall–Kier alpha value is -2.82. The fourth-order valence-electron chi connectivity index (χ4n) is 2.59. The van der Waals surface area contributed by atoms with Gasteiger partial charge in [0.1, 0.15) is 11.6 Å². The van der Waals surface area contributed by atoms with Crippen molar-refractivity contribution in [1.82, 2.24) is 5.32 Å². The number of para-hydroxylation sites is 1. The maximum atomic E-state index is 13.2. The topological polar surface area (TPSA) is 58.6 Å². The minimum absolute atomic E-state index is 0.212. The summed E-state index contributed by atoms with van der Waals surface area (Å²) in [5.74, 6) is -0.212. The van der Waals surface area contributed by atoms with Gasteiger partial charge in [-0.05, 0) is 45.4 Å². The van der Waals surface area contributed by atoms with Crippen LogP contribution in [0.15, 0.2) is 60.7 Å². The summed E-state index contributed by atoms with van der Waals surface area (Å²) in [6, 6.07) is 17.8. The molecule has 5 nitrogen and oxygen atoms in total. The van der Waals surface area contributed by atoms with Gasteiger partial charge < -0.3 is 15.0 Å². The first-order valence-corrected chi connectivity index (χ1v) is 8.72. The van der Waals surface area contributed by atoms with Crippen LogP contribution in [-0.2, 0) is 9.53 Å². The average molecular weight is 354 g/mol. The number of nitrogens with zero attached hydrogens (tertiary/aromatic N) is 1. The van der Waals surface area contributed by atoms with Gasteiger partial charge in [-0.3, -0.25) is 4.79 Å². The van der Waals surface area contributed by atoms with Crippen LogP contribution in [0.1, 0.15) is 39.3 Å². The number of amides is 2. The van der Waals surface area contributed by atoms with E-state index in [1.165, 1.54) is 0 Å². The van der Waals surface area contributed by atoms with E-state index in [4.69, 9.17) is 4.74 Å². The third-order valence-electron chi connectivity index (χ3n) is 3.69. The van der Waals surface area contributed by atoms with Crippen molar-refractivity contribution in [2.75, 3.05) is 11.4 Å². The number of rotatable bonds is 5. The number of carbonyl (C=O) groups is 2. The lowest BCUT2D eigenvalue weighted by Gasteiger charge is -2.28. The van der Waals surface area contributed by atoms with E-state index in [0.717, 1.165) is 5.69 Å². The van der Waals surface area contributed by atoms with Gasteiger partial charge in [-0.25, -0.2) is 4.79 Å². The van der Waals surface area contributed by atoms with Crippen LogP contribution < -0.4 is 10.2 Å². The first-order valence-electron chi connectivity index (χ1n) is 8.72. The molecular weight excluding hydrogens is 328 g/mol. The van der Waals surface area contributed by atoms with Crippen molar-refractivity contribution in [3.05, 3.63) is 66.2 Å². The molecule has 0 saturated carbocycles. The Morgan fingerprint density at radius 1 is 1.00 bits per heavy atom. The third-order valence-corrected chi connectivity index (χ3v) is 3.69. The van der Waals surface area contributed by atoms with E-state index in [-0.39, 0.29) is 5.91 Å². The SMILES string of the molecule is CCN(C(=O)C(NC(=O)OC(C)(C)C)c1ccccc1)c1ccccc1. The van der Waals surface area contributed by atoms with Crippen molar-refractivity contribution in [3.63, 3.8) is 0 Å². The highest BCUT2D eigenvalue weighted by molar-refractivity contribution is 5.99. The van der Waals surface area contributed by atoms with Gasteiger partial charge in [-0.2, -0.15) is 0 Å². The van der Waals surface area contributed by atoms with Crippen LogP contribution in [0.5, 0.6) is 0 Å². The average Bonchev–Trinajstić information content (AvgIpc) is 2.60. The Morgan fingerprint density at radius 3 is 2.04 bits per heavy atom. The molecular formula is C21H26N2O3. The van der Waals surface area contributed by atoms with Crippen LogP contribution in [0, 0.1) is 0 Å². The second-order valence-electron chi connectivity index (χ2n) is 6.91. The number of nitrogens with one attached hydrogen (secondary N) is 1. The van der Waals surface area contributed by atoms with E-state index in [2.05, 4.69) is 5.32 Å². The molecule has 0 fully saturated rings. The summed E-state index contributed by atoms with van der Waals surface area (Å²) in [5, 5.41) is 2.72. The predicted octanol–water partition coefficient (Wildman–Crippen LogP) is 4.31. The number of carbonyl (C=O) groups excluding carboxylic acids is 2. The van der Waals surface area contributed by atoms with Crippen molar-refractivity contribution in [2.24, 2.45) is 0 Å². The minimum Gasteiger partial charge on any atom is -0.444 e. The lowest BCUT2D eigenvalue weighted by atomic mass is 10.1. The molecule has 26 heavy (non-hydrogen) atoms. The molecule has 0 aliphatic rings. The fraction of sp³-hybridized carbons (Fsp3) is 0.333. The van der Waals surface area contributed by atoms with Crippen LogP contribution in [0.3, 0.4) is 0 Å². The van der Waals surface area contributed by atoms with Gasteiger partial charge in [0.05, 0.1) is 0 Å². The van der Waals surface area contributed by atoms with E-state index in [0.29, 0.717) is 12.1 Å². The molecule has 5 heteroatoms. The molecule has 0 aliphatic heterocycles. The molecule has 138 valence electrons. The molecule has 2 aromatic rings. The Kier molecular flexibility index (Phi) is 6.39. The molecule has 0 aliphatic carbocycles. The molecule has 2 rings (SSSR count). The quantitative estimate of drug-likeness (QED) is 0.870. The summed E-state index contributed by atoms with van der Waals surface area (Å²) >= 11 is 0. The van der Waals surface area contributed by atoms with Crippen LogP contribution in [0.25, 0.3) is 0 Å². The van der Waals surface area contributed by atoms with E-state index in [1.54, 1.807) is 25.7 Å². The molecule has 0 aromatic heterocycles. The van der Waals surface area contributed by atoms with Crippen molar-refractivity contribution < 1.29 is 14.3 Å². The van der Waals surface area contributed by atoms with Gasteiger partial charge in [0.2, 0.25) is 0 Å². The molecule has 2 aromatic carbocycles. The lowest BCUT2D eigenvalue weighted by Crippen LogP contribution is -2.44. The van der Waals surface area contributed by atoms with Crippen molar-refractivity contribution in [3.8, 4) is 0 Å². The highest BCUT2D eigenvalue weighted by Crippen LogP contribution is 2.22. The Labute approximate surface area is 155 Å². The van der Waals surface area contributed by atoms with Gasteiger partial charge in [-0.1, -0.05) is 48.5 Å². The van der Waals surface area contributed by atoms with Crippen LogP contribution in [0.2, 0.25) is 0 Å². The van der Waals surface area contributed by atoms with E-state index in [1.807, 2.05) is 67.6 Å². The van der Waals surface area contributed by atoms with Crippen LogP contribution in [0.4, 0.5) is 10.5 Å². The molecule has 0 radical (unpaired) electrons. The smallest absolute Gasteiger partial charge is 0.408 e. The maximum Gasteiger partial charge on any atom is 0.408 e. The Balaban J connectivity index is 2.31. The summed E-state index contributed by atoms with van der Waals surface area (Å²) in [7, 11) is 0. The highest BCUT2D eigenvalue weighted by atomic mass is 16.6. The summed E-state index contributed by atoms with van der Waals surface area (Å²) in [6.45, 7) is 7.75. The summed E-state index contributed by atoms with van der Waals surface area (Å²) in [6.07, 6.45) is -0.621. The lowest BCUT2D eigenvalue weighted by molar-refractivity contribution is -0.120. The zero-order valence-corrected chi connectivity index (χ0v) is 15.7. The highest BCUT2D eigenvalue weighted by Gasteiger charge is 2.29. The van der Waals surface area contributed by atoms with Gasteiger partial charge in [0, 0.05) is 12.2 Å². The molecule has 1 unspecified atom stereocenters. The number of ether oxygens (including phenoxy) is 1. The van der Waals surface area contributed by atoms with Gasteiger partial charge in [0.25, 0.3) is 5.91 Å². The number of hydrogen-bond acceptors (Lipinski definition) is 3. The normalized spacial score (nSPS) is 12.2. The molecule has 1 atom stereocenters. The summed E-state index contributed by atoms with van der Waals surface area (Å²) in [5.41, 5.74) is 0.850. The third kappa shape index (κ3) is 5.34. The zero-order valence-electron chi connectivity index (χ0n) is 15.7. The first kappa shape index (κ1) is 19.5. The van der Waals surface area contributed by atoms with Crippen molar-refractivity contribution in [2.45, 2.75) is 39.3 Å². The molecule has 0 spiro atoms. The van der Waals surface area contributed by atoms with Gasteiger partial charge in [-0.15, -0.1) is 0 Å². The van der Waals surface area contributed by atoms with E-state index < -0.39 is 17.7 Å². The van der Waals surface area contributed by atoms with Crippen LogP contribution in [-0.4, -0.2) is 24.1 Å². The second kappa shape index (κ2) is 8.52. The number of benzene rings is 2. The largest absolute Gasteiger partial charge is 0.444 e. The van der Waals surface area contributed by atoms with Crippen molar-refractivity contribution >= 4 is 17.7 Å².